The molecule has 0 aromatic carbocycles. The Kier molecular flexibility index (Phi) is 1.71. The van der Waals surface area contributed by atoms with Crippen LogP contribution in [-0.4, -0.2) is 24.5 Å². The van der Waals surface area contributed by atoms with Crippen LogP contribution < -0.4 is 4.72 Å². The number of imidazole rings is 1. The minimum absolute atomic E-state index is 0.540. The van der Waals surface area contributed by atoms with E-state index in [9.17, 15) is 0 Å². The van der Waals surface area contributed by atoms with Gasteiger partial charge in [0, 0.05) is 0 Å². The molecule has 44 valence electrons. The Morgan fingerprint density at radius 2 is 2.50 bits per heavy atom. The van der Waals surface area contributed by atoms with E-state index in [1.165, 1.54) is 4.72 Å². The first-order valence-corrected chi connectivity index (χ1v) is 4.93. The summed E-state index contributed by atoms with van der Waals surface area (Å²) in [5.74, 6) is 2.16. The SMILES string of the molecule is C[Se]c1nccn1C. The molecule has 0 spiro atoms. The molecule has 0 aliphatic carbocycles. The molecule has 0 aliphatic rings. The number of nitrogens with zero attached hydrogens (tertiary/aromatic N) is 2. The molecule has 1 aromatic heterocycles. The van der Waals surface area contributed by atoms with Crippen molar-refractivity contribution >= 4 is 19.7 Å². The van der Waals surface area contributed by atoms with Crippen LogP contribution in [0.5, 0.6) is 0 Å². The minimum atomic E-state index is 0.540. The molecular formula is C5H8N2Se. The molecule has 0 saturated heterocycles. The Morgan fingerprint density at radius 1 is 1.75 bits per heavy atom. The molecule has 0 N–H and O–H groups in total. The first kappa shape index (κ1) is 5.86. The number of hydrogen-bond acceptors (Lipinski definition) is 1. The van der Waals surface area contributed by atoms with Gasteiger partial charge in [0.15, 0.2) is 0 Å². The fourth-order valence-electron chi connectivity index (χ4n) is 0.549. The molecule has 0 amide bonds. The van der Waals surface area contributed by atoms with Gasteiger partial charge in [-0.3, -0.25) is 0 Å². The zero-order valence-electron chi connectivity index (χ0n) is 4.96. The zero-order valence-corrected chi connectivity index (χ0v) is 6.67. The average molecular weight is 175 g/mol. The van der Waals surface area contributed by atoms with E-state index in [4.69, 9.17) is 0 Å². The van der Waals surface area contributed by atoms with Gasteiger partial charge in [-0.25, -0.2) is 0 Å². The van der Waals surface area contributed by atoms with Crippen LogP contribution in [0.15, 0.2) is 12.4 Å². The summed E-state index contributed by atoms with van der Waals surface area (Å²) in [5, 5.41) is 0. The van der Waals surface area contributed by atoms with Gasteiger partial charge in [0.25, 0.3) is 0 Å². The van der Waals surface area contributed by atoms with Gasteiger partial charge in [-0.05, 0) is 0 Å². The molecule has 1 heterocycles. The first-order valence-electron chi connectivity index (χ1n) is 2.36. The maximum atomic E-state index is 4.12. The van der Waals surface area contributed by atoms with E-state index in [0.29, 0.717) is 15.0 Å². The maximum absolute atomic E-state index is 4.12. The predicted molar refractivity (Wildman–Crippen MR) is 34.5 cm³/mol. The van der Waals surface area contributed by atoms with Gasteiger partial charge in [0.2, 0.25) is 0 Å². The molecule has 0 fully saturated rings. The molecule has 8 heavy (non-hydrogen) atoms. The monoisotopic (exact) mass is 176 g/mol. The summed E-state index contributed by atoms with van der Waals surface area (Å²) in [6, 6.07) is 0. The quantitative estimate of drug-likeness (QED) is 0.540. The van der Waals surface area contributed by atoms with Crippen molar-refractivity contribution in [2.24, 2.45) is 7.05 Å². The van der Waals surface area contributed by atoms with Gasteiger partial charge < -0.3 is 0 Å². The van der Waals surface area contributed by atoms with Crippen molar-refractivity contribution < 1.29 is 0 Å². The molecule has 0 atom stereocenters. The molecule has 0 bridgehead atoms. The Morgan fingerprint density at radius 3 is 2.75 bits per heavy atom. The Labute approximate surface area is 55.1 Å². The molecule has 0 radical (unpaired) electrons. The second kappa shape index (κ2) is 2.33. The van der Waals surface area contributed by atoms with Crippen molar-refractivity contribution in [3.05, 3.63) is 12.4 Å². The third kappa shape index (κ3) is 0.932. The van der Waals surface area contributed by atoms with Gasteiger partial charge in [0.05, 0.1) is 0 Å². The third-order valence-corrected chi connectivity index (χ3v) is 2.55. The summed E-state index contributed by atoms with van der Waals surface area (Å²) >= 11 is 0.540. The molecule has 0 unspecified atom stereocenters. The van der Waals surface area contributed by atoms with Gasteiger partial charge in [-0.15, -0.1) is 0 Å². The summed E-state index contributed by atoms with van der Waals surface area (Å²) in [6.07, 6.45) is 3.81. The van der Waals surface area contributed by atoms with Crippen LogP contribution in [0.3, 0.4) is 0 Å². The molecule has 0 saturated carbocycles. The first-order chi connectivity index (χ1) is 3.84. The van der Waals surface area contributed by atoms with E-state index >= 15 is 0 Å². The van der Waals surface area contributed by atoms with Gasteiger partial charge >= 0.3 is 54.5 Å². The summed E-state index contributed by atoms with van der Waals surface area (Å²) < 4.78 is 3.26. The van der Waals surface area contributed by atoms with Gasteiger partial charge in [-0.1, -0.05) is 0 Å². The number of hydrogen-bond donors (Lipinski definition) is 0. The number of rotatable bonds is 1. The van der Waals surface area contributed by atoms with Crippen LogP contribution in [-0.2, 0) is 7.05 Å². The molecule has 1 rings (SSSR count). The molecular weight excluding hydrogens is 167 g/mol. The number of aryl methyl sites for hydroxylation is 1. The summed E-state index contributed by atoms with van der Waals surface area (Å²) in [4.78, 5) is 4.12. The van der Waals surface area contributed by atoms with E-state index in [1.807, 2.05) is 19.4 Å². The van der Waals surface area contributed by atoms with Gasteiger partial charge in [-0.2, -0.15) is 0 Å². The van der Waals surface area contributed by atoms with Crippen molar-refractivity contribution in [1.29, 1.82) is 0 Å². The fraction of sp³-hybridized carbons (Fsp3) is 0.400. The van der Waals surface area contributed by atoms with E-state index < -0.39 is 0 Å². The van der Waals surface area contributed by atoms with E-state index in [1.54, 1.807) is 0 Å². The zero-order chi connectivity index (χ0) is 5.98. The van der Waals surface area contributed by atoms with Crippen LogP contribution in [0.2, 0.25) is 5.82 Å². The fourth-order valence-corrected chi connectivity index (χ4v) is 1.63. The molecule has 1 aromatic rings. The van der Waals surface area contributed by atoms with E-state index in [0.717, 1.165) is 0 Å². The second-order valence-electron chi connectivity index (χ2n) is 1.52. The normalized spacial score (nSPS) is 9.75. The molecule has 2 nitrogen and oxygen atoms in total. The Hall–Kier alpha value is -0.271. The van der Waals surface area contributed by atoms with Crippen LogP contribution in [0.25, 0.3) is 0 Å². The average Bonchev–Trinajstić information content (AvgIpc) is 2.14. The van der Waals surface area contributed by atoms with Crippen LogP contribution in [0.1, 0.15) is 0 Å². The second-order valence-corrected chi connectivity index (χ2v) is 3.15. The van der Waals surface area contributed by atoms with Crippen LogP contribution in [0.4, 0.5) is 0 Å². The van der Waals surface area contributed by atoms with Crippen LogP contribution >= 0.6 is 0 Å². The predicted octanol–water partition coefficient (Wildman–Crippen LogP) is -0.202. The molecule has 3 heteroatoms. The van der Waals surface area contributed by atoms with Gasteiger partial charge in [0.1, 0.15) is 0 Å². The van der Waals surface area contributed by atoms with E-state index in [-0.39, 0.29) is 0 Å². The van der Waals surface area contributed by atoms with E-state index in [2.05, 4.69) is 15.4 Å². The van der Waals surface area contributed by atoms with Crippen molar-refractivity contribution in [2.45, 2.75) is 5.82 Å². The summed E-state index contributed by atoms with van der Waals surface area (Å²) in [6.45, 7) is 0. The van der Waals surface area contributed by atoms with Crippen molar-refractivity contribution in [1.82, 2.24) is 9.55 Å². The Bertz CT molecular complexity index is 171. The van der Waals surface area contributed by atoms with Crippen LogP contribution in [0, 0.1) is 0 Å². The topological polar surface area (TPSA) is 17.8 Å². The van der Waals surface area contributed by atoms with Crippen molar-refractivity contribution in [3.63, 3.8) is 0 Å². The standard InChI is InChI=1S/C5H8N2Se/c1-7-4-3-6-5(7)8-2/h3-4H,1-2H3. The number of aromatic nitrogens is 2. The summed E-state index contributed by atoms with van der Waals surface area (Å²) in [5.41, 5.74) is 0. The third-order valence-electron chi connectivity index (χ3n) is 0.960. The Balaban J connectivity index is 2.92. The summed E-state index contributed by atoms with van der Waals surface area (Å²) in [7, 11) is 2.02. The van der Waals surface area contributed by atoms with Crippen molar-refractivity contribution in [3.8, 4) is 0 Å². The molecule has 0 aliphatic heterocycles. The van der Waals surface area contributed by atoms with Crippen molar-refractivity contribution in [2.75, 3.05) is 0 Å².